The van der Waals surface area contributed by atoms with Gasteiger partial charge in [0.1, 0.15) is 11.5 Å². The van der Waals surface area contributed by atoms with E-state index in [1.54, 1.807) is 14.2 Å². The fourth-order valence-electron chi connectivity index (χ4n) is 2.60. The summed E-state index contributed by atoms with van der Waals surface area (Å²) in [5.74, 6) is 1.33. The Morgan fingerprint density at radius 1 is 1.24 bits per heavy atom. The topological polar surface area (TPSA) is 66.5 Å². The van der Waals surface area contributed by atoms with E-state index in [1.807, 2.05) is 36.7 Å². The molecule has 0 radical (unpaired) electrons. The van der Waals surface area contributed by atoms with E-state index in [9.17, 15) is 4.79 Å². The van der Waals surface area contributed by atoms with E-state index in [0.717, 1.165) is 17.0 Å². The zero-order valence-corrected chi connectivity index (χ0v) is 13.0. The third-order valence-corrected chi connectivity index (χ3v) is 3.74. The number of carbonyl (C=O) groups excluding carboxylic acids is 1. The molecular weight excluding hydrogens is 268 g/mol. The Morgan fingerprint density at radius 3 is 2.38 bits per heavy atom. The van der Waals surface area contributed by atoms with Gasteiger partial charge < -0.3 is 19.8 Å². The predicted molar refractivity (Wildman–Crippen MR) is 83.1 cm³/mol. The van der Waals surface area contributed by atoms with Crippen LogP contribution in [0.1, 0.15) is 23.0 Å². The van der Waals surface area contributed by atoms with Crippen molar-refractivity contribution in [3.8, 4) is 22.8 Å². The number of ether oxygens (including phenoxy) is 2. The highest BCUT2D eigenvalue weighted by atomic mass is 16.5. The van der Waals surface area contributed by atoms with E-state index in [1.165, 1.54) is 6.92 Å². The van der Waals surface area contributed by atoms with Gasteiger partial charge >= 0.3 is 0 Å². The number of nitrogen functional groups attached to an aromatic ring is 1. The van der Waals surface area contributed by atoms with Gasteiger partial charge in [0.2, 0.25) is 0 Å². The highest BCUT2D eigenvalue weighted by Gasteiger charge is 2.22. The number of rotatable bonds is 4. The molecular formula is C16H20N2O3. The smallest absolute Gasteiger partial charge is 0.163 e. The molecule has 5 nitrogen and oxygen atoms in total. The van der Waals surface area contributed by atoms with Crippen LogP contribution in [0.2, 0.25) is 0 Å². The summed E-state index contributed by atoms with van der Waals surface area (Å²) in [4.78, 5) is 11.8. The molecule has 2 N–H and O–H groups in total. The molecule has 0 aliphatic carbocycles. The number of benzene rings is 1. The van der Waals surface area contributed by atoms with Gasteiger partial charge in [-0.15, -0.1) is 0 Å². The Balaban J connectivity index is 2.78. The zero-order chi connectivity index (χ0) is 15.7. The van der Waals surface area contributed by atoms with Crippen LogP contribution in [0, 0.1) is 6.92 Å². The fourth-order valence-corrected chi connectivity index (χ4v) is 2.60. The first-order chi connectivity index (χ1) is 9.92. The van der Waals surface area contributed by atoms with Gasteiger partial charge in [-0.05, 0) is 32.0 Å². The average molecular weight is 288 g/mol. The Morgan fingerprint density at radius 2 is 1.90 bits per heavy atom. The number of nitrogens with zero attached hydrogens (tertiary/aromatic N) is 1. The van der Waals surface area contributed by atoms with Crippen molar-refractivity contribution in [1.82, 2.24) is 4.57 Å². The van der Waals surface area contributed by atoms with Crippen LogP contribution >= 0.6 is 0 Å². The van der Waals surface area contributed by atoms with Crippen molar-refractivity contribution in [2.24, 2.45) is 7.05 Å². The van der Waals surface area contributed by atoms with Gasteiger partial charge in [0.25, 0.3) is 0 Å². The molecule has 112 valence electrons. The minimum absolute atomic E-state index is 0.0475. The fraction of sp³-hybridized carbons (Fsp3) is 0.312. The molecule has 1 aromatic heterocycles. The summed E-state index contributed by atoms with van der Waals surface area (Å²) in [7, 11) is 5.09. The summed E-state index contributed by atoms with van der Waals surface area (Å²) in [5.41, 5.74) is 9.62. The second kappa shape index (κ2) is 5.52. The zero-order valence-electron chi connectivity index (χ0n) is 13.0. The maximum absolute atomic E-state index is 11.8. The molecule has 21 heavy (non-hydrogen) atoms. The Hall–Kier alpha value is -2.43. The Kier molecular flexibility index (Phi) is 3.93. The van der Waals surface area contributed by atoms with Crippen molar-refractivity contribution >= 4 is 11.5 Å². The standard InChI is InChI=1S/C16H20N2O3/c1-9-14(10(2)19)15(17)16(18(9)3)12-8-11(20-4)6-7-13(12)21-5/h6-8H,17H2,1-5H3. The second-order valence-corrected chi connectivity index (χ2v) is 4.90. The van der Waals surface area contributed by atoms with Crippen molar-refractivity contribution in [1.29, 1.82) is 0 Å². The number of nitrogens with two attached hydrogens (primary N) is 1. The van der Waals surface area contributed by atoms with Crippen LogP contribution in [0.25, 0.3) is 11.3 Å². The van der Waals surface area contributed by atoms with Crippen LogP contribution < -0.4 is 15.2 Å². The molecule has 1 heterocycles. The van der Waals surface area contributed by atoms with E-state index in [-0.39, 0.29) is 5.78 Å². The minimum Gasteiger partial charge on any atom is -0.497 e. The lowest BCUT2D eigenvalue weighted by Crippen LogP contribution is -1.99. The number of Topliss-reactive ketones (excluding diaryl/α,β-unsaturated/α-hetero) is 1. The first-order valence-electron chi connectivity index (χ1n) is 6.60. The van der Waals surface area contributed by atoms with Gasteiger partial charge in [-0.3, -0.25) is 4.79 Å². The molecule has 0 fully saturated rings. The lowest BCUT2D eigenvalue weighted by atomic mass is 10.1. The van der Waals surface area contributed by atoms with Crippen LogP contribution in [0.5, 0.6) is 11.5 Å². The Labute approximate surface area is 124 Å². The van der Waals surface area contributed by atoms with Gasteiger partial charge in [0, 0.05) is 18.3 Å². The van der Waals surface area contributed by atoms with E-state index < -0.39 is 0 Å². The summed E-state index contributed by atoms with van der Waals surface area (Å²) >= 11 is 0. The summed E-state index contributed by atoms with van der Waals surface area (Å²) in [6, 6.07) is 5.50. The quantitative estimate of drug-likeness (QED) is 0.878. The number of hydrogen-bond acceptors (Lipinski definition) is 4. The third-order valence-electron chi connectivity index (χ3n) is 3.74. The van der Waals surface area contributed by atoms with Crippen molar-refractivity contribution < 1.29 is 14.3 Å². The van der Waals surface area contributed by atoms with E-state index in [0.29, 0.717) is 22.7 Å². The molecule has 0 aliphatic heterocycles. The number of methoxy groups -OCH3 is 2. The summed E-state index contributed by atoms with van der Waals surface area (Å²) < 4.78 is 12.6. The number of ketones is 1. The normalized spacial score (nSPS) is 10.5. The second-order valence-electron chi connectivity index (χ2n) is 4.90. The number of anilines is 1. The van der Waals surface area contributed by atoms with Crippen molar-refractivity contribution in [3.63, 3.8) is 0 Å². The SMILES string of the molecule is COc1ccc(OC)c(-c2c(N)c(C(C)=O)c(C)n2C)c1. The molecule has 1 aromatic carbocycles. The molecule has 0 bridgehead atoms. The van der Waals surface area contributed by atoms with Gasteiger partial charge in [-0.25, -0.2) is 0 Å². The highest BCUT2D eigenvalue weighted by molar-refractivity contribution is 6.04. The molecule has 5 heteroatoms. The maximum Gasteiger partial charge on any atom is 0.163 e. The van der Waals surface area contributed by atoms with Crippen molar-refractivity contribution in [2.45, 2.75) is 13.8 Å². The van der Waals surface area contributed by atoms with Gasteiger partial charge in [0.15, 0.2) is 5.78 Å². The average Bonchev–Trinajstić information content (AvgIpc) is 2.68. The van der Waals surface area contributed by atoms with Gasteiger partial charge in [-0.2, -0.15) is 0 Å². The number of carbonyl (C=O) groups is 1. The lowest BCUT2D eigenvalue weighted by molar-refractivity contribution is 0.101. The molecule has 0 saturated carbocycles. The lowest BCUT2D eigenvalue weighted by Gasteiger charge is -2.13. The van der Waals surface area contributed by atoms with Crippen LogP contribution in [0.4, 0.5) is 5.69 Å². The van der Waals surface area contributed by atoms with Crippen molar-refractivity contribution in [3.05, 3.63) is 29.5 Å². The van der Waals surface area contributed by atoms with Crippen LogP contribution in [0.3, 0.4) is 0 Å². The molecule has 0 saturated heterocycles. The van der Waals surface area contributed by atoms with Gasteiger partial charge in [0.05, 0.1) is 31.2 Å². The first-order valence-corrected chi connectivity index (χ1v) is 6.60. The summed E-state index contributed by atoms with van der Waals surface area (Å²) in [6.07, 6.45) is 0. The molecule has 0 aliphatic rings. The summed E-state index contributed by atoms with van der Waals surface area (Å²) in [5, 5.41) is 0. The first kappa shape index (κ1) is 15.0. The highest BCUT2D eigenvalue weighted by Crippen LogP contribution is 2.40. The van der Waals surface area contributed by atoms with Crippen LogP contribution in [-0.2, 0) is 7.05 Å². The van der Waals surface area contributed by atoms with E-state index >= 15 is 0 Å². The molecule has 2 rings (SSSR count). The third kappa shape index (κ3) is 2.35. The molecule has 0 atom stereocenters. The number of aromatic nitrogens is 1. The predicted octanol–water partition coefficient (Wildman–Crippen LogP) is 2.80. The van der Waals surface area contributed by atoms with Crippen LogP contribution in [-0.4, -0.2) is 24.6 Å². The van der Waals surface area contributed by atoms with Gasteiger partial charge in [-0.1, -0.05) is 0 Å². The largest absolute Gasteiger partial charge is 0.497 e. The Bertz CT molecular complexity index is 702. The molecule has 0 amide bonds. The number of hydrogen-bond donors (Lipinski definition) is 1. The molecule has 0 spiro atoms. The monoisotopic (exact) mass is 288 g/mol. The van der Waals surface area contributed by atoms with E-state index in [2.05, 4.69) is 0 Å². The molecule has 0 unspecified atom stereocenters. The van der Waals surface area contributed by atoms with Crippen molar-refractivity contribution in [2.75, 3.05) is 20.0 Å². The van der Waals surface area contributed by atoms with E-state index in [4.69, 9.17) is 15.2 Å². The van der Waals surface area contributed by atoms with Crippen LogP contribution in [0.15, 0.2) is 18.2 Å². The summed E-state index contributed by atoms with van der Waals surface area (Å²) in [6.45, 7) is 3.40. The minimum atomic E-state index is -0.0475. The molecule has 2 aromatic rings. The maximum atomic E-state index is 11.8.